The van der Waals surface area contributed by atoms with Gasteiger partial charge in [-0.15, -0.1) is 0 Å². The maximum Gasteiger partial charge on any atom is 2.00 e. The Morgan fingerprint density at radius 3 is 2.50 bits per heavy atom. The zero-order chi connectivity index (χ0) is 9.50. The van der Waals surface area contributed by atoms with Gasteiger partial charge in [0, 0.05) is 6.85 Å². The van der Waals surface area contributed by atoms with Crippen molar-refractivity contribution >= 4 is 23.1 Å². The Bertz CT molecular complexity index is 132. The first kappa shape index (κ1) is 2.12. The van der Waals surface area contributed by atoms with Gasteiger partial charge in [-0.3, -0.25) is 0 Å². The van der Waals surface area contributed by atoms with E-state index < -0.39 is 19.6 Å². The molecule has 0 aliphatic heterocycles. The van der Waals surface area contributed by atoms with Gasteiger partial charge in [-0.25, -0.2) is 0 Å². The fraction of sp³-hybridized carbons (Fsp3) is 0.750. The molecular formula is C4H9ClMg. The van der Waals surface area contributed by atoms with Crippen LogP contribution in [0.1, 0.15) is 29.2 Å². The molecule has 34 valence electrons. The van der Waals surface area contributed by atoms with Crippen LogP contribution in [0.5, 0.6) is 0 Å². The molecule has 0 amide bonds. The van der Waals surface area contributed by atoms with Gasteiger partial charge in [0.2, 0.25) is 0 Å². The summed E-state index contributed by atoms with van der Waals surface area (Å²) in [5, 5.41) is 0. The molecule has 0 fully saturated rings. The summed E-state index contributed by atoms with van der Waals surface area (Å²) < 4.78 is 47.4. The fourth-order valence-electron chi connectivity index (χ4n) is 0. The van der Waals surface area contributed by atoms with E-state index in [-0.39, 0.29) is 35.5 Å². The van der Waals surface area contributed by atoms with Gasteiger partial charge in [0.05, 0.1) is 0 Å². The summed E-state index contributed by atoms with van der Waals surface area (Å²) >= 11 is 0. The number of halogens is 1. The third kappa shape index (κ3) is 19.7. The monoisotopic (exact) mass is 123 g/mol. The first-order valence-electron chi connectivity index (χ1n) is 4.35. The molecule has 0 aliphatic rings. The van der Waals surface area contributed by atoms with E-state index in [1.807, 2.05) is 0 Å². The predicted octanol–water partition coefficient (Wildman–Crippen LogP) is -1.76. The number of rotatable bonds is 1. The van der Waals surface area contributed by atoms with Crippen molar-refractivity contribution in [1.82, 2.24) is 0 Å². The first-order valence-corrected chi connectivity index (χ1v) is 0.854. The van der Waals surface area contributed by atoms with Crippen LogP contribution in [-0.4, -0.2) is 23.1 Å². The summed E-state index contributed by atoms with van der Waals surface area (Å²) in [4.78, 5) is 0. The van der Waals surface area contributed by atoms with Crippen molar-refractivity contribution in [3.63, 3.8) is 0 Å². The summed E-state index contributed by atoms with van der Waals surface area (Å²) in [7, 11) is 0. The quantitative estimate of drug-likeness (QED) is 0.287. The summed E-state index contributed by atoms with van der Waals surface area (Å²) in [5.41, 5.74) is 0. The maximum absolute atomic E-state index is 6.90. The zero-order valence-corrected chi connectivity index (χ0v) is 5.46. The van der Waals surface area contributed by atoms with E-state index >= 15 is 0 Å². The van der Waals surface area contributed by atoms with Crippen LogP contribution in [-0.2, 0) is 0 Å². The van der Waals surface area contributed by atoms with E-state index in [1.165, 1.54) is 0 Å². The second-order valence-electron chi connectivity index (χ2n) is 0.302. The number of hydrogen-bond donors (Lipinski definition) is 0. The van der Waals surface area contributed by atoms with Gasteiger partial charge in [0.1, 0.15) is 0 Å². The Morgan fingerprint density at radius 2 is 2.50 bits per heavy atom. The van der Waals surface area contributed by atoms with Crippen LogP contribution in [0.25, 0.3) is 0 Å². The second kappa shape index (κ2) is 16.6. The second-order valence-corrected chi connectivity index (χ2v) is 0.302. The molecule has 0 spiro atoms. The maximum atomic E-state index is 6.90. The molecule has 0 rings (SSSR count). The van der Waals surface area contributed by atoms with Crippen LogP contribution in [0.3, 0.4) is 0 Å². The van der Waals surface area contributed by atoms with Crippen molar-refractivity contribution in [2.45, 2.75) is 19.6 Å². The Kier molecular flexibility index (Phi) is 5.85. The number of hydrogen-bond acceptors (Lipinski definition) is 0. The molecule has 0 unspecified atom stereocenters. The van der Waals surface area contributed by atoms with Gasteiger partial charge in [0.15, 0.2) is 0 Å². The molecule has 0 aliphatic carbocycles. The van der Waals surface area contributed by atoms with Crippen molar-refractivity contribution < 1.29 is 22.0 Å². The van der Waals surface area contributed by atoms with Crippen LogP contribution in [0.4, 0.5) is 0 Å². The minimum atomic E-state index is -2.97. The van der Waals surface area contributed by atoms with Gasteiger partial charge in [0.25, 0.3) is 0 Å². The van der Waals surface area contributed by atoms with Gasteiger partial charge < -0.3 is 19.3 Å². The molecule has 0 bridgehead atoms. The van der Waals surface area contributed by atoms with Crippen LogP contribution in [0.2, 0.25) is 0 Å². The van der Waals surface area contributed by atoms with Crippen molar-refractivity contribution in [2.75, 3.05) is 0 Å². The summed E-state index contributed by atoms with van der Waals surface area (Å²) in [5.74, 6) is 0. The summed E-state index contributed by atoms with van der Waals surface area (Å²) in [6.07, 6.45) is -5.50. The topological polar surface area (TPSA) is 0 Å². The van der Waals surface area contributed by atoms with E-state index in [9.17, 15) is 0 Å². The van der Waals surface area contributed by atoms with E-state index in [1.54, 1.807) is 0 Å². The molecular weight excluding hydrogens is 108 g/mol. The summed E-state index contributed by atoms with van der Waals surface area (Å²) in [6, 6.07) is 0. The average Bonchev–Trinajstić information content (AvgIpc) is 1.58. The average molecular weight is 124 g/mol. The molecule has 0 aromatic rings. The minimum absolute atomic E-state index is 0. The minimum Gasteiger partial charge on any atom is -1.00 e. The van der Waals surface area contributed by atoms with Crippen LogP contribution in [0.15, 0.2) is 0 Å². The molecule has 0 saturated heterocycles. The molecule has 0 saturated carbocycles. The van der Waals surface area contributed by atoms with Crippen molar-refractivity contribution in [3.8, 4) is 0 Å². The molecule has 0 radical (unpaired) electrons. The molecule has 0 heterocycles. The summed E-state index contributed by atoms with van der Waals surface area (Å²) in [6.45, 7) is -0.167. The molecule has 2 heteroatoms. The van der Waals surface area contributed by atoms with Gasteiger partial charge in [-0.05, 0) is 2.74 Å². The van der Waals surface area contributed by atoms with Crippen LogP contribution >= 0.6 is 0 Å². The molecule has 0 aromatic carbocycles. The first-order chi connectivity index (χ1) is 4.50. The van der Waals surface area contributed by atoms with Crippen LogP contribution < -0.4 is 12.4 Å². The van der Waals surface area contributed by atoms with Crippen molar-refractivity contribution in [2.24, 2.45) is 0 Å². The molecule has 6 heavy (non-hydrogen) atoms. The predicted molar refractivity (Wildman–Crippen MR) is 26.0 cm³/mol. The van der Waals surface area contributed by atoms with E-state index in [2.05, 4.69) is 6.92 Å². The standard InChI is InChI=1S/C4H9.ClH.Mg/c1-3-4-2;;/h1,3-4H2,2H3;1H;/q-1;;+2/p-1/i2D3,3D2,4D2;;. The molecule has 0 aromatic heterocycles. The third-order valence-corrected chi connectivity index (χ3v) is 0.0884. The van der Waals surface area contributed by atoms with Crippen molar-refractivity contribution in [1.29, 1.82) is 0 Å². The Morgan fingerprint density at radius 1 is 2.00 bits per heavy atom. The van der Waals surface area contributed by atoms with Crippen LogP contribution in [0, 0.1) is 6.92 Å². The molecule has 0 N–H and O–H groups in total. The Labute approximate surface area is 72.1 Å². The van der Waals surface area contributed by atoms with Gasteiger partial charge >= 0.3 is 23.1 Å². The van der Waals surface area contributed by atoms with E-state index in [4.69, 9.17) is 9.60 Å². The Balaban J connectivity index is -0.000000500. The SMILES string of the molecule is [2H]C([2H])([2H])C([2H])([2H])C([2H])([2H])[CH2-].[Cl-].[Mg+2]. The normalized spacial score (nSPS) is 29.2. The molecule has 0 atom stereocenters. The van der Waals surface area contributed by atoms with E-state index in [0.717, 1.165) is 0 Å². The fourth-order valence-corrected chi connectivity index (χ4v) is 0. The molecule has 0 nitrogen and oxygen atoms in total. The smallest absolute Gasteiger partial charge is 1.00 e. The third-order valence-electron chi connectivity index (χ3n) is 0.0884. The zero-order valence-electron chi connectivity index (χ0n) is 10.3. The largest absolute Gasteiger partial charge is 2.00 e. The van der Waals surface area contributed by atoms with Crippen molar-refractivity contribution in [3.05, 3.63) is 6.92 Å². The van der Waals surface area contributed by atoms with E-state index in [0.29, 0.717) is 0 Å². The Hall–Kier alpha value is 1.06. The van der Waals surface area contributed by atoms with Gasteiger partial charge in [-0.2, -0.15) is 6.37 Å². The van der Waals surface area contributed by atoms with Gasteiger partial charge in [-0.1, -0.05) is 13.2 Å².